The summed E-state index contributed by atoms with van der Waals surface area (Å²) in [5.41, 5.74) is 1.09. The van der Waals surface area contributed by atoms with Crippen LogP contribution < -0.4 is 10.1 Å². The first-order valence-electron chi connectivity index (χ1n) is 6.20. The molecule has 4 heteroatoms. The molecule has 0 radical (unpaired) electrons. The van der Waals surface area contributed by atoms with Crippen LogP contribution in [-0.4, -0.2) is 17.8 Å². The van der Waals surface area contributed by atoms with E-state index in [0.29, 0.717) is 5.41 Å². The molecule has 1 aromatic carbocycles. The fourth-order valence-electron chi connectivity index (χ4n) is 2.10. The van der Waals surface area contributed by atoms with Gasteiger partial charge in [-0.05, 0) is 25.0 Å². The first kappa shape index (κ1) is 13.4. The number of carbonyl (C=O) groups excluding carboxylic acids is 1. The van der Waals surface area contributed by atoms with E-state index in [9.17, 15) is 4.79 Å². The number of carbonyl (C=O) groups is 1. The molecule has 0 bridgehead atoms. The van der Waals surface area contributed by atoms with Gasteiger partial charge in [-0.1, -0.05) is 28.4 Å². The Labute approximate surface area is 116 Å². The normalized spacial score (nSPS) is 16.8. The first-order chi connectivity index (χ1) is 8.63. The summed E-state index contributed by atoms with van der Waals surface area (Å²) in [5.74, 6) is 0.747. The molecule has 3 nitrogen and oxygen atoms in total. The third-order valence-electron chi connectivity index (χ3n) is 3.40. The number of rotatable bonds is 5. The highest BCUT2D eigenvalue weighted by molar-refractivity contribution is 9.09. The molecule has 98 valence electrons. The predicted molar refractivity (Wildman–Crippen MR) is 76.3 cm³/mol. The molecule has 1 saturated carbocycles. The van der Waals surface area contributed by atoms with Gasteiger partial charge in [-0.3, -0.25) is 4.79 Å². The largest absolute Gasteiger partial charge is 0.493 e. The number of anilines is 1. The quantitative estimate of drug-likeness (QED) is 0.844. The highest BCUT2D eigenvalue weighted by atomic mass is 79.9. The van der Waals surface area contributed by atoms with Gasteiger partial charge in [0.2, 0.25) is 5.91 Å². The van der Waals surface area contributed by atoms with Gasteiger partial charge in [0, 0.05) is 29.4 Å². The third-order valence-corrected chi connectivity index (χ3v) is 4.59. The van der Waals surface area contributed by atoms with Gasteiger partial charge in [0.1, 0.15) is 5.75 Å². The summed E-state index contributed by atoms with van der Waals surface area (Å²) >= 11 is 3.57. The lowest BCUT2D eigenvalue weighted by atomic mass is 9.71. The van der Waals surface area contributed by atoms with Crippen LogP contribution in [0.3, 0.4) is 0 Å². The van der Waals surface area contributed by atoms with Crippen molar-refractivity contribution in [1.82, 2.24) is 0 Å². The Kier molecular flexibility index (Phi) is 4.27. The Morgan fingerprint density at radius 2 is 2.28 bits per heavy atom. The van der Waals surface area contributed by atoms with Gasteiger partial charge in [0.15, 0.2) is 0 Å². The van der Waals surface area contributed by atoms with Crippen LogP contribution in [0, 0.1) is 5.41 Å². The van der Waals surface area contributed by atoms with Crippen molar-refractivity contribution in [2.24, 2.45) is 5.41 Å². The lowest BCUT2D eigenvalue weighted by molar-refractivity contribution is -0.114. The van der Waals surface area contributed by atoms with Gasteiger partial charge in [0.25, 0.3) is 0 Å². The molecule has 1 aromatic rings. The highest BCUT2D eigenvalue weighted by Crippen LogP contribution is 2.42. The summed E-state index contributed by atoms with van der Waals surface area (Å²) in [6.45, 7) is 2.24. The molecule has 0 heterocycles. The minimum Gasteiger partial charge on any atom is -0.493 e. The summed E-state index contributed by atoms with van der Waals surface area (Å²) in [7, 11) is 0. The zero-order valence-electron chi connectivity index (χ0n) is 10.5. The van der Waals surface area contributed by atoms with Crippen molar-refractivity contribution in [2.45, 2.75) is 26.2 Å². The van der Waals surface area contributed by atoms with E-state index in [2.05, 4.69) is 21.2 Å². The van der Waals surface area contributed by atoms with Crippen molar-refractivity contribution in [2.75, 3.05) is 17.3 Å². The van der Waals surface area contributed by atoms with Crippen molar-refractivity contribution in [1.29, 1.82) is 0 Å². The predicted octanol–water partition coefficient (Wildman–Crippen LogP) is 3.59. The third kappa shape index (κ3) is 3.25. The van der Waals surface area contributed by atoms with Crippen LogP contribution in [0.5, 0.6) is 5.75 Å². The summed E-state index contributed by atoms with van der Waals surface area (Å²) < 4.78 is 5.85. The molecule has 1 fully saturated rings. The van der Waals surface area contributed by atoms with Crippen LogP contribution >= 0.6 is 15.9 Å². The van der Waals surface area contributed by atoms with Gasteiger partial charge < -0.3 is 10.1 Å². The first-order valence-corrected chi connectivity index (χ1v) is 7.32. The van der Waals surface area contributed by atoms with E-state index in [1.807, 2.05) is 24.3 Å². The number of benzene rings is 1. The van der Waals surface area contributed by atoms with Gasteiger partial charge in [-0.15, -0.1) is 0 Å². The molecule has 0 saturated heterocycles. The Bertz CT molecular complexity index is 424. The van der Waals surface area contributed by atoms with Crippen molar-refractivity contribution in [3.05, 3.63) is 24.3 Å². The van der Waals surface area contributed by atoms with Crippen molar-refractivity contribution >= 4 is 27.5 Å². The second-order valence-electron chi connectivity index (χ2n) is 4.98. The van der Waals surface area contributed by atoms with Crippen LogP contribution in [0.4, 0.5) is 5.69 Å². The fourth-order valence-corrected chi connectivity index (χ4v) is 2.82. The van der Waals surface area contributed by atoms with E-state index in [1.54, 1.807) is 0 Å². The van der Waals surface area contributed by atoms with Gasteiger partial charge in [-0.2, -0.15) is 0 Å². The Hall–Kier alpha value is -1.03. The SMILES string of the molecule is CC(=O)Nc1cccc(OCC2(CBr)CCC2)c1. The molecule has 18 heavy (non-hydrogen) atoms. The highest BCUT2D eigenvalue weighted by Gasteiger charge is 2.36. The molecule has 1 amide bonds. The minimum atomic E-state index is -0.0666. The second kappa shape index (κ2) is 5.74. The molecule has 0 spiro atoms. The summed E-state index contributed by atoms with van der Waals surface area (Å²) in [4.78, 5) is 11.0. The zero-order valence-corrected chi connectivity index (χ0v) is 12.1. The molecule has 0 atom stereocenters. The number of halogens is 1. The Morgan fingerprint density at radius 1 is 1.50 bits per heavy atom. The molecule has 1 N–H and O–H groups in total. The van der Waals surface area contributed by atoms with Crippen molar-refractivity contribution < 1.29 is 9.53 Å². The topological polar surface area (TPSA) is 38.3 Å². The number of hydrogen-bond acceptors (Lipinski definition) is 2. The molecular formula is C14H18BrNO2. The Balaban J connectivity index is 1.94. The van der Waals surface area contributed by atoms with E-state index >= 15 is 0 Å². The van der Waals surface area contributed by atoms with Gasteiger partial charge >= 0.3 is 0 Å². The number of alkyl halides is 1. The van der Waals surface area contributed by atoms with Crippen LogP contribution in [0.25, 0.3) is 0 Å². The Morgan fingerprint density at radius 3 is 2.83 bits per heavy atom. The lowest BCUT2D eigenvalue weighted by Crippen LogP contribution is -2.37. The standard InChI is InChI=1S/C14H18BrNO2/c1-11(17)16-12-4-2-5-13(8-12)18-10-14(9-15)6-3-7-14/h2,4-5,8H,3,6-7,9-10H2,1H3,(H,16,17). The maximum absolute atomic E-state index is 11.0. The molecule has 2 rings (SSSR count). The van der Waals surface area contributed by atoms with E-state index in [-0.39, 0.29) is 5.91 Å². The lowest BCUT2D eigenvalue weighted by Gasteiger charge is -2.39. The molecule has 0 aromatic heterocycles. The van der Waals surface area contributed by atoms with Crippen molar-refractivity contribution in [3.63, 3.8) is 0 Å². The average Bonchev–Trinajstić information content (AvgIpc) is 2.28. The monoisotopic (exact) mass is 311 g/mol. The van der Waals surface area contributed by atoms with E-state index in [1.165, 1.54) is 26.2 Å². The van der Waals surface area contributed by atoms with Gasteiger partial charge in [-0.25, -0.2) is 0 Å². The number of nitrogens with one attached hydrogen (secondary N) is 1. The zero-order chi connectivity index (χ0) is 13.0. The fraction of sp³-hybridized carbons (Fsp3) is 0.500. The molecule has 1 aliphatic rings. The van der Waals surface area contributed by atoms with Crippen LogP contribution in [0.1, 0.15) is 26.2 Å². The summed E-state index contributed by atoms with van der Waals surface area (Å²) in [6, 6.07) is 7.54. The summed E-state index contributed by atoms with van der Waals surface area (Å²) in [6.07, 6.45) is 3.74. The molecular weight excluding hydrogens is 294 g/mol. The van der Waals surface area contributed by atoms with Crippen LogP contribution in [0.2, 0.25) is 0 Å². The van der Waals surface area contributed by atoms with E-state index in [0.717, 1.165) is 23.4 Å². The smallest absolute Gasteiger partial charge is 0.221 e. The van der Waals surface area contributed by atoms with Crippen LogP contribution in [-0.2, 0) is 4.79 Å². The maximum atomic E-state index is 11.0. The van der Waals surface area contributed by atoms with E-state index in [4.69, 9.17) is 4.74 Å². The van der Waals surface area contributed by atoms with Crippen molar-refractivity contribution in [3.8, 4) is 5.75 Å². The van der Waals surface area contributed by atoms with Gasteiger partial charge in [0.05, 0.1) is 6.61 Å². The molecule has 0 unspecified atom stereocenters. The number of ether oxygens (including phenoxy) is 1. The molecule has 1 aliphatic carbocycles. The average molecular weight is 312 g/mol. The summed E-state index contributed by atoms with van der Waals surface area (Å²) in [5, 5.41) is 3.75. The van der Waals surface area contributed by atoms with E-state index < -0.39 is 0 Å². The molecule has 0 aliphatic heterocycles. The van der Waals surface area contributed by atoms with Crippen LogP contribution in [0.15, 0.2) is 24.3 Å². The number of amides is 1. The number of hydrogen-bond donors (Lipinski definition) is 1. The minimum absolute atomic E-state index is 0.0666. The maximum Gasteiger partial charge on any atom is 0.221 e. The second-order valence-corrected chi connectivity index (χ2v) is 5.55.